The van der Waals surface area contributed by atoms with Crippen molar-refractivity contribution in [2.45, 2.75) is 51.0 Å². The van der Waals surface area contributed by atoms with Gasteiger partial charge in [0.15, 0.2) is 5.60 Å². The lowest BCUT2D eigenvalue weighted by Crippen LogP contribution is -2.53. The van der Waals surface area contributed by atoms with E-state index < -0.39 is 40.4 Å². The SMILES string of the molecule is CC(C)[C@](O)(C(=O)OCC1=CC[N@@+]2([O-])CC[C@@H](O)[C@@H]12)[C@@H](C)O. The fourth-order valence-corrected chi connectivity index (χ4v) is 3.41. The molecular formula is C15H25NO6. The van der Waals surface area contributed by atoms with Crippen LogP contribution in [0.3, 0.4) is 0 Å². The standard InChI is InChI=1S/C15H25NO6/c1-9(2)15(20,10(3)17)14(19)22-8-11-4-6-16(21)7-5-12(18)13(11)16/h4,9-10,12-13,17-18,20H,5-8H2,1-3H3/t10-,12-,13-,15-,16-/m1/s1. The first-order chi connectivity index (χ1) is 10.1. The molecule has 22 heavy (non-hydrogen) atoms. The van der Waals surface area contributed by atoms with Crippen LogP contribution in [-0.4, -0.2) is 69.5 Å². The molecular weight excluding hydrogens is 290 g/mol. The second-order valence-electron chi connectivity index (χ2n) is 6.67. The zero-order chi connectivity index (χ0) is 16.7. The molecule has 126 valence electrons. The zero-order valence-corrected chi connectivity index (χ0v) is 13.2. The Labute approximate surface area is 130 Å². The number of ether oxygens (including phenoxy) is 1. The topological polar surface area (TPSA) is 110 Å². The van der Waals surface area contributed by atoms with Gasteiger partial charge in [-0.05, 0) is 18.9 Å². The molecule has 1 fully saturated rings. The van der Waals surface area contributed by atoms with Gasteiger partial charge >= 0.3 is 5.97 Å². The lowest BCUT2D eigenvalue weighted by Gasteiger charge is -2.40. The number of hydrogen-bond acceptors (Lipinski definition) is 6. The van der Waals surface area contributed by atoms with Gasteiger partial charge < -0.3 is 29.9 Å². The van der Waals surface area contributed by atoms with E-state index in [0.717, 1.165) is 0 Å². The number of nitrogens with zero attached hydrogens (tertiary/aromatic N) is 1. The van der Waals surface area contributed by atoms with Crippen LogP contribution in [0.4, 0.5) is 0 Å². The van der Waals surface area contributed by atoms with Gasteiger partial charge in [0.05, 0.1) is 19.2 Å². The predicted molar refractivity (Wildman–Crippen MR) is 78.3 cm³/mol. The number of aliphatic hydroxyl groups is 3. The van der Waals surface area contributed by atoms with Crippen molar-refractivity contribution in [3.8, 4) is 0 Å². The number of aliphatic hydroxyl groups excluding tert-OH is 2. The van der Waals surface area contributed by atoms with Crippen molar-refractivity contribution in [2.75, 3.05) is 19.7 Å². The van der Waals surface area contributed by atoms with Gasteiger partial charge in [-0.3, -0.25) is 0 Å². The lowest BCUT2D eigenvalue weighted by molar-refractivity contribution is -0.877. The Morgan fingerprint density at radius 2 is 2.18 bits per heavy atom. The molecule has 3 N–H and O–H groups in total. The second-order valence-corrected chi connectivity index (χ2v) is 6.67. The van der Waals surface area contributed by atoms with Crippen LogP contribution >= 0.6 is 0 Å². The van der Waals surface area contributed by atoms with Crippen LogP contribution in [0.1, 0.15) is 27.2 Å². The van der Waals surface area contributed by atoms with E-state index in [1.807, 2.05) is 0 Å². The van der Waals surface area contributed by atoms with Crippen molar-refractivity contribution in [2.24, 2.45) is 5.92 Å². The first-order valence-electron chi connectivity index (χ1n) is 7.65. The number of rotatable bonds is 5. The summed E-state index contributed by atoms with van der Waals surface area (Å²) in [5.74, 6) is -1.44. The van der Waals surface area contributed by atoms with Crippen LogP contribution in [0.25, 0.3) is 0 Å². The number of fused-ring (bicyclic) bond motifs is 1. The Morgan fingerprint density at radius 3 is 2.73 bits per heavy atom. The molecule has 2 aliphatic heterocycles. The summed E-state index contributed by atoms with van der Waals surface area (Å²) in [5.41, 5.74) is -1.40. The second kappa shape index (κ2) is 5.90. The van der Waals surface area contributed by atoms with Crippen molar-refractivity contribution in [1.29, 1.82) is 0 Å². The quantitative estimate of drug-likeness (QED) is 0.278. The maximum atomic E-state index is 12.4. The summed E-state index contributed by atoms with van der Waals surface area (Å²) < 4.78 is 4.64. The predicted octanol–water partition coefficient (Wildman–Crippen LogP) is -0.315. The van der Waals surface area contributed by atoms with E-state index in [-0.39, 0.29) is 13.2 Å². The van der Waals surface area contributed by atoms with E-state index in [1.54, 1.807) is 19.9 Å². The van der Waals surface area contributed by atoms with Crippen molar-refractivity contribution < 1.29 is 29.5 Å². The number of hydroxylamine groups is 3. The number of carbonyl (C=O) groups is 1. The third-order valence-electron chi connectivity index (χ3n) is 4.93. The molecule has 0 aromatic rings. The number of carbonyl (C=O) groups excluding carboxylic acids is 1. The summed E-state index contributed by atoms with van der Waals surface area (Å²) in [6.45, 7) is 5.02. The van der Waals surface area contributed by atoms with Crippen LogP contribution in [-0.2, 0) is 9.53 Å². The smallest absolute Gasteiger partial charge is 0.341 e. The summed E-state index contributed by atoms with van der Waals surface area (Å²) in [4.78, 5) is 12.2. The molecule has 0 aromatic carbocycles. The molecule has 2 aliphatic rings. The summed E-state index contributed by atoms with van der Waals surface area (Å²) in [6.07, 6.45) is 0.127. The number of esters is 1. The molecule has 0 spiro atoms. The average molecular weight is 315 g/mol. The molecule has 1 saturated heterocycles. The van der Waals surface area contributed by atoms with Crippen molar-refractivity contribution in [3.63, 3.8) is 0 Å². The van der Waals surface area contributed by atoms with Crippen LogP contribution in [0.5, 0.6) is 0 Å². The van der Waals surface area contributed by atoms with Crippen LogP contribution in [0.2, 0.25) is 0 Å². The Morgan fingerprint density at radius 1 is 1.55 bits per heavy atom. The molecule has 0 bridgehead atoms. The minimum Gasteiger partial charge on any atom is -0.632 e. The Kier molecular flexibility index (Phi) is 4.66. The van der Waals surface area contributed by atoms with E-state index in [0.29, 0.717) is 18.5 Å². The highest BCUT2D eigenvalue weighted by molar-refractivity contribution is 5.80. The van der Waals surface area contributed by atoms with Gasteiger partial charge in [0.1, 0.15) is 18.8 Å². The fourth-order valence-electron chi connectivity index (χ4n) is 3.41. The molecule has 0 unspecified atom stereocenters. The van der Waals surface area contributed by atoms with Gasteiger partial charge in [0.25, 0.3) is 0 Å². The molecule has 0 aromatic heterocycles. The van der Waals surface area contributed by atoms with E-state index in [2.05, 4.69) is 0 Å². The normalized spacial score (nSPS) is 35.0. The van der Waals surface area contributed by atoms with Gasteiger partial charge in [0, 0.05) is 12.0 Å². The summed E-state index contributed by atoms with van der Waals surface area (Å²) >= 11 is 0. The van der Waals surface area contributed by atoms with Crippen LogP contribution < -0.4 is 0 Å². The Balaban J connectivity index is 2.03. The molecule has 7 nitrogen and oxygen atoms in total. The third kappa shape index (κ3) is 2.68. The van der Waals surface area contributed by atoms with Gasteiger partial charge in [-0.1, -0.05) is 13.8 Å². The maximum Gasteiger partial charge on any atom is 0.341 e. The molecule has 0 amide bonds. The van der Waals surface area contributed by atoms with Gasteiger partial charge in [-0.15, -0.1) is 0 Å². The average Bonchev–Trinajstić information content (AvgIpc) is 2.92. The minimum absolute atomic E-state index is 0.148. The fraction of sp³-hybridized carbons (Fsp3) is 0.800. The summed E-state index contributed by atoms with van der Waals surface area (Å²) in [7, 11) is 0. The van der Waals surface area contributed by atoms with Crippen molar-refractivity contribution in [1.82, 2.24) is 0 Å². The first-order valence-corrected chi connectivity index (χ1v) is 7.65. The van der Waals surface area contributed by atoms with E-state index in [1.165, 1.54) is 6.92 Å². The molecule has 7 heteroatoms. The molecule has 0 aliphatic carbocycles. The van der Waals surface area contributed by atoms with Gasteiger partial charge in [0.2, 0.25) is 0 Å². The van der Waals surface area contributed by atoms with Gasteiger partial charge in [-0.2, -0.15) is 0 Å². The highest BCUT2D eigenvalue weighted by Gasteiger charge is 2.49. The highest BCUT2D eigenvalue weighted by Crippen LogP contribution is 2.36. The van der Waals surface area contributed by atoms with Crippen molar-refractivity contribution >= 4 is 5.97 Å². The Bertz CT molecular complexity index is 467. The van der Waals surface area contributed by atoms with E-state index in [9.17, 15) is 25.3 Å². The molecule has 0 radical (unpaired) electrons. The highest BCUT2D eigenvalue weighted by atomic mass is 16.6. The largest absolute Gasteiger partial charge is 0.632 e. The lowest BCUT2D eigenvalue weighted by atomic mass is 9.85. The number of hydrogen-bond donors (Lipinski definition) is 3. The summed E-state index contributed by atoms with van der Waals surface area (Å²) in [6, 6.07) is -0.591. The molecule has 0 saturated carbocycles. The monoisotopic (exact) mass is 315 g/mol. The van der Waals surface area contributed by atoms with Gasteiger partial charge in [-0.25, -0.2) is 4.79 Å². The maximum absolute atomic E-state index is 12.4. The zero-order valence-electron chi connectivity index (χ0n) is 13.2. The van der Waals surface area contributed by atoms with Crippen molar-refractivity contribution in [3.05, 3.63) is 16.9 Å². The first kappa shape index (κ1) is 17.4. The number of quaternary nitrogens is 1. The molecule has 2 rings (SSSR count). The molecule has 5 atom stereocenters. The minimum atomic E-state index is -1.99. The van der Waals surface area contributed by atoms with E-state index >= 15 is 0 Å². The summed E-state index contributed by atoms with van der Waals surface area (Å²) in [5, 5.41) is 42.4. The van der Waals surface area contributed by atoms with E-state index in [4.69, 9.17) is 4.74 Å². The Hall–Kier alpha value is -0.990. The van der Waals surface area contributed by atoms with Crippen LogP contribution in [0, 0.1) is 11.1 Å². The van der Waals surface area contributed by atoms with Crippen LogP contribution in [0.15, 0.2) is 11.6 Å². The molecule has 2 heterocycles. The third-order valence-corrected chi connectivity index (χ3v) is 4.93.